The Bertz CT molecular complexity index is 564. The maximum atomic E-state index is 12.8. The van der Waals surface area contributed by atoms with Crippen LogP contribution in [0.3, 0.4) is 0 Å². The molecule has 2 N–H and O–H groups in total. The van der Waals surface area contributed by atoms with Gasteiger partial charge >= 0.3 is 6.18 Å². The van der Waals surface area contributed by atoms with Crippen molar-refractivity contribution >= 4 is 17.3 Å². The molecule has 0 saturated heterocycles. The minimum absolute atomic E-state index is 0.0938. The van der Waals surface area contributed by atoms with Crippen LogP contribution in [0.4, 0.5) is 18.9 Å². The molecule has 2 rings (SSSR count). The molecule has 0 saturated carbocycles. The van der Waals surface area contributed by atoms with Crippen molar-refractivity contribution in [3.63, 3.8) is 0 Å². The molecule has 0 fully saturated rings. The van der Waals surface area contributed by atoms with Crippen molar-refractivity contribution in [1.29, 1.82) is 0 Å². The molecule has 0 aromatic heterocycles. The fourth-order valence-corrected chi connectivity index (χ4v) is 1.87. The number of benzene rings is 2. The van der Waals surface area contributed by atoms with Gasteiger partial charge in [0.2, 0.25) is 0 Å². The Labute approximate surface area is 107 Å². The zero-order valence-electron chi connectivity index (χ0n) is 9.13. The first-order valence-corrected chi connectivity index (χ1v) is 5.49. The van der Waals surface area contributed by atoms with Crippen LogP contribution < -0.4 is 5.73 Å². The van der Waals surface area contributed by atoms with E-state index in [9.17, 15) is 13.2 Å². The Morgan fingerprint density at radius 1 is 0.944 bits per heavy atom. The van der Waals surface area contributed by atoms with Crippen LogP contribution in [0.5, 0.6) is 0 Å². The van der Waals surface area contributed by atoms with E-state index in [1.54, 1.807) is 30.3 Å². The molecule has 2 aromatic rings. The first-order chi connectivity index (χ1) is 8.39. The average molecular weight is 272 g/mol. The van der Waals surface area contributed by atoms with Crippen molar-refractivity contribution in [3.05, 3.63) is 53.1 Å². The molecule has 0 aliphatic carbocycles. The Balaban J connectivity index is 2.62. The summed E-state index contributed by atoms with van der Waals surface area (Å²) in [6.45, 7) is 0. The molecule has 0 heterocycles. The monoisotopic (exact) mass is 271 g/mol. The van der Waals surface area contributed by atoms with Crippen molar-refractivity contribution in [2.45, 2.75) is 6.18 Å². The third-order valence-electron chi connectivity index (χ3n) is 2.54. The van der Waals surface area contributed by atoms with Crippen LogP contribution in [0.2, 0.25) is 5.02 Å². The minimum Gasteiger partial charge on any atom is -0.397 e. The molecule has 0 amide bonds. The fraction of sp³-hybridized carbons (Fsp3) is 0.0769. The van der Waals surface area contributed by atoms with Gasteiger partial charge in [0, 0.05) is 0 Å². The first kappa shape index (κ1) is 12.8. The Morgan fingerprint density at radius 2 is 1.56 bits per heavy atom. The smallest absolute Gasteiger partial charge is 0.397 e. The number of halogens is 4. The third-order valence-corrected chi connectivity index (χ3v) is 2.85. The summed E-state index contributed by atoms with van der Waals surface area (Å²) in [6, 6.07) is 11.1. The second-order valence-corrected chi connectivity index (χ2v) is 4.19. The SMILES string of the molecule is Nc1c(Cl)cc(-c2ccccc2)cc1C(F)(F)F. The number of alkyl halides is 3. The van der Waals surface area contributed by atoms with Crippen molar-refractivity contribution in [3.8, 4) is 11.1 Å². The van der Waals surface area contributed by atoms with Gasteiger partial charge < -0.3 is 5.73 Å². The number of nitrogen functional groups attached to an aromatic ring is 1. The molecular formula is C13H9ClF3N. The summed E-state index contributed by atoms with van der Waals surface area (Å²) in [7, 11) is 0. The van der Waals surface area contributed by atoms with Gasteiger partial charge in [0.15, 0.2) is 0 Å². The van der Waals surface area contributed by atoms with Gasteiger partial charge in [-0.2, -0.15) is 13.2 Å². The zero-order chi connectivity index (χ0) is 13.3. The van der Waals surface area contributed by atoms with Crippen molar-refractivity contribution in [2.75, 3.05) is 5.73 Å². The van der Waals surface area contributed by atoms with Gasteiger partial charge in [0.25, 0.3) is 0 Å². The fourth-order valence-electron chi connectivity index (χ4n) is 1.65. The van der Waals surface area contributed by atoms with Crippen LogP contribution in [0, 0.1) is 0 Å². The second-order valence-electron chi connectivity index (χ2n) is 3.78. The van der Waals surface area contributed by atoms with Gasteiger partial charge in [0.1, 0.15) is 0 Å². The molecule has 18 heavy (non-hydrogen) atoms. The number of hydrogen-bond donors (Lipinski definition) is 1. The molecular weight excluding hydrogens is 263 g/mol. The predicted molar refractivity (Wildman–Crippen MR) is 66.3 cm³/mol. The van der Waals surface area contributed by atoms with Crippen LogP contribution >= 0.6 is 11.6 Å². The molecule has 2 aromatic carbocycles. The predicted octanol–water partition coefficient (Wildman–Crippen LogP) is 4.61. The summed E-state index contributed by atoms with van der Waals surface area (Å²) in [5.41, 5.74) is 5.06. The highest BCUT2D eigenvalue weighted by Crippen LogP contribution is 2.39. The van der Waals surface area contributed by atoms with E-state index in [1.807, 2.05) is 0 Å². The van der Waals surface area contributed by atoms with E-state index in [-0.39, 0.29) is 5.02 Å². The van der Waals surface area contributed by atoms with E-state index in [4.69, 9.17) is 17.3 Å². The molecule has 0 aliphatic rings. The Kier molecular flexibility index (Phi) is 3.22. The molecule has 1 nitrogen and oxygen atoms in total. The van der Waals surface area contributed by atoms with E-state index in [0.717, 1.165) is 6.07 Å². The summed E-state index contributed by atoms with van der Waals surface area (Å²) < 4.78 is 38.4. The van der Waals surface area contributed by atoms with Gasteiger partial charge in [-0.25, -0.2) is 0 Å². The van der Waals surface area contributed by atoms with Crippen LogP contribution in [0.25, 0.3) is 11.1 Å². The highest BCUT2D eigenvalue weighted by Gasteiger charge is 2.34. The standard InChI is InChI=1S/C13H9ClF3N/c14-11-7-9(8-4-2-1-3-5-8)6-10(12(11)18)13(15,16)17/h1-7H,18H2. The molecule has 0 aliphatic heterocycles. The van der Waals surface area contributed by atoms with Gasteiger partial charge in [-0.15, -0.1) is 0 Å². The van der Waals surface area contributed by atoms with Gasteiger partial charge in [-0.1, -0.05) is 41.9 Å². The van der Waals surface area contributed by atoms with Crippen molar-refractivity contribution in [2.24, 2.45) is 0 Å². The Hall–Kier alpha value is -1.68. The van der Waals surface area contributed by atoms with Crippen molar-refractivity contribution in [1.82, 2.24) is 0 Å². The maximum Gasteiger partial charge on any atom is 0.418 e. The number of nitrogens with two attached hydrogens (primary N) is 1. The first-order valence-electron chi connectivity index (χ1n) is 5.11. The van der Waals surface area contributed by atoms with Gasteiger partial charge in [-0.3, -0.25) is 0 Å². The van der Waals surface area contributed by atoms with Gasteiger partial charge in [-0.05, 0) is 23.3 Å². The number of hydrogen-bond acceptors (Lipinski definition) is 1. The summed E-state index contributed by atoms with van der Waals surface area (Å²) >= 11 is 5.75. The third kappa shape index (κ3) is 2.43. The summed E-state index contributed by atoms with van der Waals surface area (Å²) in [4.78, 5) is 0. The molecule has 5 heteroatoms. The zero-order valence-corrected chi connectivity index (χ0v) is 9.89. The number of rotatable bonds is 1. The quantitative estimate of drug-likeness (QED) is 0.753. The van der Waals surface area contributed by atoms with E-state index in [2.05, 4.69) is 0 Å². The lowest BCUT2D eigenvalue weighted by Gasteiger charge is -2.13. The van der Waals surface area contributed by atoms with E-state index >= 15 is 0 Å². The lowest BCUT2D eigenvalue weighted by Crippen LogP contribution is -2.09. The van der Waals surface area contributed by atoms with Crippen LogP contribution in [0.1, 0.15) is 5.56 Å². The molecule has 0 spiro atoms. The van der Waals surface area contributed by atoms with E-state index in [1.165, 1.54) is 6.07 Å². The summed E-state index contributed by atoms with van der Waals surface area (Å²) in [6.07, 6.45) is -4.52. The minimum atomic E-state index is -4.52. The van der Waals surface area contributed by atoms with Crippen LogP contribution in [-0.2, 0) is 6.18 Å². The highest BCUT2D eigenvalue weighted by molar-refractivity contribution is 6.33. The molecule has 0 unspecified atom stereocenters. The lowest BCUT2D eigenvalue weighted by molar-refractivity contribution is -0.136. The summed E-state index contributed by atoms with van der Waals surface area (Å²) in [5.74, 6) is 0. The van der Waals surface area contributed by atoms with Crippen LogP contribution in [0.15, 0.2) is 42.5 Å². The normalized spacial score (nSPS) is 11.6. The van der Waals surface area contributed by atoms with E-state index < -0.39 is 17.4 Å². The second kappa shape index (κ2) is 4.53. The van der Waals surface area contributed by atoms with Gasteiger partial charge in [0.05, 0.1) is 16.3 Å². The molecule has 0 radical (unpaired) electrons. The van der Waals surface area contributed by atoms with E-state index in [0.29, 0.717) is 11.1 Å². The lowest BCUT2D eigenvalue weighted by atomic mass is 10.0. The highest BCUT2D eigenvalue weighted by atomic mass is 35.5. The van der Waals surface area contributed by atoms with Crippen molar-refractivity contribution < 1.29 is 13.2 Å². The van der Waals surface area contributed by atoms with Crippen LogP contribution in [-0.4, -0.2) is 0 Å². The summed E-state index contributed by atoms with van der Waals surface area (Å²) in [5, 5.41) is -0.0938. The number of anilines is 1. The Morgan fingerprint density at radius 3 is 2.11 bits per heavy atom. The maximum absolute atomic E-state index is 12.8. The average Bonchev–Trinajstić information content (AvgIpc) is 2.32. The topological polar surface area (TPSA) is 26.0 Å². The molecule has 0 bridgehead atoms. The molecule has 0 atom stereocenters. The largest absolute Gasteiger partial charge is 0.418 e. The molecule has 94 valence electrons.